The molecule has 0 spiro atoms. The molecule has 7 aromatic carbocycles. The minimum atomic E-state index is -0.123. The Labute approximate surface area is 304 Å². The first-order chi connectivity index (χ1) is 25.0. The molecule has 0 N–H and O–H groups in total. The van der Waals surface area contributed by atoms with E-state index in [4.69, 9.17) is 0 Å². The van der Waals surface area contributed by atoms with Gasteiger partial charge in [-0.25, -0.2) is 0 Å². The van der Waals surface area contributed by atoms with Gasteiger partial charge in [0.05, 0.1) is 16.1 Å². The fourth-order valence-corrected chi connectivity index (χ4v) is 10.0. The first-order valence-corrected chi connectivity index (χ1v) is 19.1. The number of rotatable bonds is 5. The second kappa shape index (κ2) is 11.8. The lowest BCUT2D eigenvalue weighted by Gasteiger charge is -2.31. The third kappa shape index (κ3) is 4.88. The van der Waals surface area contributed by atoms with Crippen molar-refractivity contribution in [1.82, 2.24) is 0 Å². The van der Waals surface area contributed by atoms with E-state index in [1.165, 1.54) is 106 Å². The van der Waals surface area contributed by atoms with Crippen molar-refractivity contribution >= 4 is 48.6 Å². The van der Waals surface area contributed by atoms with Crippen molar-refractivity contribution in [2.24, 2.45) is 0 Å². The molecule has 1 aromatic heterocycles. The van der Waals surface area contributed by atoms with Gasteiger partial charge in [-0.2, -0.15) is 0 Å². The monoisotopic (exact) mass is 673 g/mol. The van der Waals surface area contributed by atoms with Crippen LogP contribution in [0.5, 0.6) is 0 Å². The Balaban J connectivity index is 1.27. The maximum atomic E-state index is 2.56. The molecule has 0 saturated carbocycles. The van der Waals surface area contributed by atoms with E-state index in [1.54, 1.807) is 0 Å². The predicted octanol–water partition coefficient (Wildman–Crippen LogP) is 14.0. The van der Waals surface area contributed by atoms with Crippen LogP contribution in [0.3, 0.4) is 0 Å². The fraction of sp³-hybridized carbons (Fsp3) is 0.143. The maximum Gasteiger partial charge on any atom is 0.0640 e. The molecule has 8 aromatic rings. The number of anilines is 3. The summed E-state index contributed by atoms with van der Waals surface area (Å²) in [4.78, 5) is 2.56. The van der Waals surface area contributed by atoms with Gasteiger partial charge in [-0.1, -0.05) is 129 Å². The van der Waals surface area contributed by atoms with E-state index >= 15 is 0 Å². The molecular weight excluding hydrogens is 635 g/mol. The molecule has 1 heterocycles. The molecule has 1 nitrogen and oxygen atoms in total. The smallest absolute Gasteiger partial charge is 0.0640 e. The Hall–Kier alpha value is -5.44. The van der Waals surface area contributed by atoms with Crippen LogP contribution in [0.25, 0.3) is 53.6 Å². The van der Waals surface area contributed by atoms with Crippen LogP contribution in [0.15, 0.2) is 152 Å². The van der Waals surface area contributed by atoms with Crippen molar-refractivity contribution in [2.75, 3.05) is 4.90 Å². The number of hydrogen-bond acceptors (Lipinski definition) is 2. The highest BCUT2D eigenvalue weighted by Crippen LogP contribution is 2.54. The maximum absolute atomic E-state index is 2.56. The Morgan fingerprint density at radius 2 is 1.20 bits per heavy atom. The van der Waals surface area contributed by atoms with Crippen LogP contribution < -0.4 is 4.90 Å². The van der Waals surface area contributed by atoms with E-state index in [0.717, 1.165) is 12.1 Å². The number of nitrogens with zero attached hydrogens (tertiary/aromatic N) is 1. The van der Waals surface area contributed by atoms with Crippen molar-refractivity contribution in [3.63, 3.8) is 0 Å². The van der Waals surface area contributed by atoms with E-state index in [1.807, 2.05) is 11.3 Å². The Morgan fingerprint density at radius 1 is 0.490 bits per heavy atom. The highest BCUT2D eigenvalue weighted by Gasteiger charge is 2.37. The SMILES string of the molecule is CC1(C)c2ccccc2-c2cc(-c3ccc4c(c3)CCCC4)c(N(c3ccc(-c4ccccc4)cc3)c3cccc4c3sc3ccccc34)cc21. The van der Waals surface area contributed by atoms with Gasteiger partial charge in [-0.15, -0.1) is 11.3 Å². The summed E-state index contributed by atoms with van der Waals surface area (Å²) in [6.45, 7) is 4.79. The van der Waals surface area contributed by atoms with Crippen molar-refractivity contribution in [3.8, 4) is 33.4 Å². The summed E-state index contributed by atoms with van der Waals surface area (Å²) in [6, 6.07) is 57.0. The molecule has 0 amide bonds. The molecule has 0 radical (unpaired) electrons. The quantitative estimate of drug-likeness (QED) is 0.176. The third-order valence-corrected chi connectivity index (χ3v) is 12.7. The van der Waals surface area contributed by atoms with Gasteiger partial charge in [0.1, 0.15) is 0 Å². The molecule has 2 aliphatic rings. The third-order valence-electron chi connectivity index (χ3n) is 11.5. The molecule has 10 rings (SSSR count). The second-order valence-electron chi connectivity index (χ2n) is 14.8. The van der Waals surface area contributed by atoms with Crippen molar-refractivity contribution in [2.45, 2.75) is 44.9 Å². The lowest BCUT2D eigenvalue weighted by molar-refractivity contribution is 0.660. The summed E-state index contributed by atoms with van der Waals surface area (Å²) >= 11 is 1.90. The van der Waals surface area contributed by atoms with Crippen molar-refractivity contribution in [1.29, 1.82) is 0 Å². The molecule has 0 unspecified atom stereocenters. The van der Waals surface area contributed by atoms with Crippen LogP contribution in [-0.2, 0) is 18.3 Å². The van der Waals surface area contributed by atoms with Gasteiger partial charge < -0.3 is 4.90 Å². The second-order valence-corrected chi connectivity index (χ2v) is 15.8. The minimum Gasteiger partial charge on any atom is -0.308 e. The number of thiophene rings is 1. The highest BCUT2D eigenvalue weighted by molar-refractivity contribution is 7.26. The molecule has 2 aliphatic carbocycles. The van der Waals surface area contributed by atoms with E-state index < -0.39 is 0 Å². The Kier molecular flexibility index (Phi) is 7.05. The van der Waals surface area contributed by atoms with Gasteiger partial charge in [0.15, 0.2) is 0 Å². The van der Waals surface area contributed by atoms with Gasteiger partial charge in [0.2, 0.25) is 0 Å². The lowest BCUT2D eigenvalue weighted by Crippen LogP contribution is -2.17. The van der Waals surface area contributed by atoms with E-state index in [0.29, 0.717) is 0 Å². The van der Waals surface area contributed by atoms with E-state index in [-0.39, 0.29) is 5.41 Å². The van der Waals surface area contributed by atoms with Gasteiger partial charge in [-0.05, 0) is 112 Å². The molecule has 51 heavy (non-hydrogen) atoms. The van der Waals surface area contributed by atoms with Gasteiger partial charge >= 0.3 is 0 Å². The number of hydrogen-bond donors (Lipinski definition) is 0. The largest absolute Gasteiger partial charge is 0.308 e. The van der Waals surface area contributed by atoms with Crippen molar-refractivity contribution in [3.05, 3.63) is 174 Å². The first kappa shape index (κ1) is 30.4. The zero-order chi connectivity index (χ0) is 34.1. The molecule has 0 bridgehead atoms. The predicted molar refractivity (Wildman–Crippen MR) is 219 cm³/mol. The Bertz CT molecular complexity index is 2610. The molecule has 0 aliphatic heterocycles. The first-order valence-electron chi connectivity index (χ1n) is 18.3. The van der Waals surface area contributed by atoms with Crippen LogP contribution in [0.2, 0.25) is 0 Å². The summed E-state index contributed by atoms with van der Waals surface area (Å²) in [5, 5.41) is 2.63. The van der Waals surface area contributed by atoms with Crippen molar-refractivity contribution < 1.29 is 0 Å². The minimum absolute atomic E-state index is 0.123. The number of benzene rings is 7. The fourth-order valence-electron chi connectivity index (χ4n) is 8.80. The zero-order valence-corrected chi connectivity index (χ0v) is 29.9. The number of fused-ring (bicyclic) bond motifs is 7. The summed E-state index contributed by atoms with van der Waals surface area (Å²) in [5.41, 5.74) is 17.0. The summed E-state index contributed by atoms with van der Waals surface area (Å²) in [5.74, 6) is 0. The highest BCUT2D eigenvalue weighted by atomic mass is 32.1. The van der Waals surface area contributed by atoms with Crippen LogP contribution in [0, 0.1) is 0 Å². The average molecular weight is 674 g/mol. The Morgan fingerprint density at radius 3 is 2.06 bits per heavy atom. The van der Waals surface area contributed by atoms with E-state index in [9.17, 15) is 0 Å². The molecule has 0 fully saturated rings. The standard InChI is InChI=1S/C49H39NS/c1-49(2)43-20-10-8-17-38(43)42-30-41(36-24-23-33-15-6-7-16-35(33)29-36)46(31-44(42)49)50(37-27-25-34(26-28-37)32-13-4-3-5-14-32)45-21-12-19-40-39-18-9-11-22-47(39)51-48(40)45/h3-5,8-14,17-31H,6-7,15-16H2,1-2H3. The molecular formula is C49H39NS. The summed E-state index contributed by atoms with van der Waals surface area (Å²) in [6.07, 6.45) is 4.89. The van der Waals surface area contributed by atoms with Crippen LogP contribution in [0.4, 0.5) is 17.1 Å². The van der Waals surface area contributed by atoms with Crippen LogP contribution in [-0.4, -0.2) is 0 Å². The molecule has 0 saturated heterocycles. The number of aryl methyl sites for hydroxylation is 2. The van der Waals surface area contributed by atoms with E-state index in [2.05, 4.69) is 170 Å². The van der Waals surface area contributed by atoms with Gasteiger partial charge in [0, 0.05) is 32.1 Å². The van der Waals surface area contributed by atoms with Gasteiger partial charge in [0.25, 0.3) is 0 Å². The lowest BCUT2D eigenvalue weighted by atomic mass is 9.81. The molecule has 0 atom stereocenters. The molecule has 2 heteroatoms. The van der Waals surface area contributed by atoms with Gasteiger partial charge in [-0.3, -0.25) is 0 Å². The topological polar surface area (TPSA) is 3.24 Å². The average Bonchev–Trinajstić information content (AvgIpc) is 3.67. The molecule has 246 valence electrons. The van der Waals surface area contributed by atoms with Crippen LogP contribution >= 0.6 is 11.3 Å². The van der Waals surface area contributed by atoms with Crippen LogP contribution in [0.1, 0.15) is 48.9 Å². The summed E-state index contributed by atoms with van der Waals surface area (Å²) in [7, 11) is 0. The zero-order valence-electron chi connectivity index (χ0n) is 29.1. The normalized spacial score (nSPS) is 14.3. The summed E-state index contributed by atoms with van der Waals surface area (Å²) < 4.78 is 2.63.